The van der Waals surface area contributed by atoms with Crippen LogP contribution in [-0.2, 0) is 0 Å². The zero-order chi connectivity index (χ0) is 30.9. The third kappa shape index (κ3) is 4.91. The number of aromatic nitrogens is 1. The molecule has 214 valence electrons. The summed E-state index contributed by atoms with van der Waals surface area (Å²) in [6.45, 7) is 7.88. The molecule has 0 atom stereocenters. The predicted molar refractivity (Wildman–Crippen MR) is 193 cm³/mol. The number of pyridine rings is 1. The van der Waals surface area contributed by atoms with E-state index in [-0.39, 0.29) is 0 Å². The number of hydrogen-bond donors (Lipinski definition) is 0. The maximum atomic E-state index is 7.88. The van der Waals surface area contributed by atoms with Gasteiger partial charge >= 0.3 is 0 Å². The smallest absolute Gasteiger partial charge is 0.194 e. The van der Waals surface area contributed by atoms with Crippen LogP contribution >= 0.6 is 0 Å². The summed E-state index contributed by atoms with van der Waals surface area (Å²) in [6.07, 6.45) is 0. The Morgan fingerprint density at radius 1 is 0.370 bits per heavy atom. The summed E-state index contributed by atoms with van der Waals surface area (Å²) in [5.74, 6) is 0. The van der Waals surface area contributed by atoms with E-state index >= 15 is 0 Å². The SMILES string of the molecule is [C-]#[N+]c1ccccc1-c1cc2c(-c3ccc(-c4ccccc4)cc3)cc(-c3ccc(-c4ccccc4)cc3)nc2c2ccccc12. The second-order valence-electron chi connectivity index (χ2n) is 11.4. The third-order valence-corrected chi connectivity index (χ3v) is 8.73. The molecule has 0 aliphatic carbocycles. The minimum absolute atomic E-state index is 0.642. The average molecular weight is 585 g/mol. The molecular formula is C44H28N2. The van der Waals surface area contributed by atoms with Crippen LogP contribution in [0.25, 0.3) is 82.3 Å². The van der Waals surface area contributed by atoms with Gasteiger partial charge in [0.05, 0.1) is 17.8 Å². The van der Waals surface area contributed by atoms with Crippen LogP contribution in [-0.4, -0.2) is 4.98 Å². The maximum absolute atomic E-state index is 7.88. The number of benzene rings is 7. The zero-order valence-electron chi connectivity index (χ0n) is 25.1. The van der Waals surface area contributed by atoms with Crippen molar-refractivity contribution in [3.05, 3.63) is 181 Å². The molecule has 0 spiro atoms. The van der Waals surface area contributed by atoms with Gasteiger partial charge in [-0.05, 0) is 62.0 Å². The van der Waals surface area contributed by atoms with E-state index in [1.54, 1.807) is 0 Å². The molecule has 1 heterocycles. The molecule has 0 saturated carbocycles. The van der Waals surface area contributed by atoms with Gasteiger partial charge in [-0.1, -0.05) is 158 Å². The van der Waals surface area contributed by atoms with E-state index in [1.807, 2.05) is 36.4 Å². The molecule has 8 aromatic rings. The van der Waals surface area contributed by atoms with Gasteiger partial charge in [-0.3, -0.25) is 0 Å². The highest BCUT2D eigenvalue weighted by atomic mass is 14.7. The Morgan fingerprint density at radius 2 is 0.870 bits per heavy atom. The summed E-state index contributed by atoms with van der Waals surface area (Å²) in [5.41, 5.74) is 12.5. The zero-order valence-corrected chi connectivity index (χ0v) is 25.1. The molecule has 8 rings (SSSR count). The highest BCUT2D eigenvalue weighted by Gasteiger charge is 2.17. The molecule has 0 bridgehead atoms. The number of hydrogen-bond acceptors (Lipinski definition) is 1. The first-order chi connectivity index (χ1) is 22.8. The Morgan fingerprint density at radius 3 is 1.50 bits per heavy atom. The van der Waals surface area contributed by atoms with Gasteiger partial charge in [-0.2, -0.15) is 0 Å². The Balaban J connectivity index is 1.37. The van der Waals surface area contributed by atoms with Crippen molar-refractivity contribution >= 4 is 27.4 Å². The molecule has 0 N–H and O–H groups in total. The van der Waals surface area contributed by atoms with Gasteiger partial charge in [0.2, 0.25) is 0 Å². The molecular weight excluding hydrogens is 556 g/mol. The van der Waals surface area contributed by atoms with Crippen molar-refractivity contribution < 1.29 is 0 Å². The van der Waals surface area contributed by atoms with Crippen molar-refractivity contribution in [3.8, 4) is 55.8 Å². The fourth-order valence-corrected chi connectivity index (χ4v) is 6.40. The van der Waals surface area contributed by atoms with Gasteiger partial charge in [0.25, 0.3) is 0 Å². The summed E-state index contributed by atoms with van der Waals surface area (Å²) in [6, 6.07) is 59.2. The molecule has 7 aromatic carbocycles. The molecule has 1 aromatic heterocycles. The van der Waals surface area contributed by atoms with Crippen molar-refractivity contribution in [3.63, 3.8) is 0 Å². The van der Waals surface area contributed by atoms with Crippen molar-refractivity contribution in [1.29, 1.82) is 0 Å². The molecule has 0 amide bonds. The van der Waals surface area contributed by atoms with Crippen LogP contribution in [0.15, 0.2) is 170 Å². The van der Waals surface area contributed by atoms with Gasteiger partial charge < -0.3 is 0 Å². The molecule has 2 heteroatoms. The lowest BCUT2D eigenvalue weighted by molar-refractivity contribution is 1.41. The molecule has 0 aliphatic rings. The first-order valence-electron chi connectivity index (χ1n) is 15.4. The lowest BCUT2D eigenvalue weighted by Gasteiger charge is -2.17. The van der Waals surface area contributed by atoms with E-state index in [2.05, 4.69) is 138 Å². The van der Waals surface area contributed by atoms with Gasteiger partial charge in [0, 0.05) is 16.3 Å². The highest BCUT2D eigenvalue weighted by Crippen LogP contribution is 2.42. The van der Waals surface area contributed by atoms with E-state index in [1.165, 1.54) is 22.3 Å². The van der Waals surface area contributed by atoms with Crippen molar-refractivity contribution in [1.82, 2.24) is 4.98 Å². The quantitative estimate of drug-likeness (QED) is 0.145. The van der Waals surface area contributed by atoms with E-state index in [0.717, 1.165) is 55.2 Å². The molecule has 0 saturated heterocycles. The molecule has 0 radical (unpaired) electrons. The van der Waals surface area contributed by atoms with E-state index in [9.17, 15) is 0 Å². The lowest BCUT2D eigenvalue weighted by Crippen LogP contribution is -1.93. The number of para-hydroxylation sites is 1. The average Bonchev–Trinajstić information content (AvgIpc) is 3.15. The van der Waals surface area contributed by atoms with Crippen molar-refractivity contribution in [2.75, 3.05) is 0 Å². The van der Waals surface area contributed by atoms with E-state index < -0.39 is 0 Å². The number of nitrogens with zero attached hydrogens (tertiary/aromatic N) is 2. The van der Waals surface area contributed by atoms with Crippen LogP contribution in [0.1, 0.15) is 0 Å². The Bertz CT molecular complexity index is 2380. The fraction of sp³-hybridized carbons (Fsp3) is 0. The Hall–Kier alpha value is -6.30. The van der Waals surface area contributed by atoms with Crippen LogP contribution in [0.5, 0.6) is 0 Å². The Kier molecular flexibility index (Phi) is 6.91. The fourth-order valence-electron chi connectivity index (χ4n) is 6.40. The second kappa shape index (κ2) is 11.7. The molecule has 46 heavy (non-hydrogen) atoms. The van der Waals surface area contributed by atoms with E-state index in [0.29, 0.717) is 5.69 Å². The summed E-state index contributed by atoms with van der Waals surface area (Å²) >= 11 is 0. The van der Waals surface area contributed by atoms with Gasteiger partial charge in [0.1, 0.15) is 0 Å². The van der Waals surface area contributed by atoms with Crippen molar-refractivity contribution in [2.45, 2.75) is 0 Å². The topological polar surface area (TPSA) is 17.2 Å². The number of rotatable bonds is 5. The normalized spacial score (nSPS) is 11.0. The Labute approximate surface area is 268 Å². The van der Waals surface area contributed by atoms with Crippen LogP contribution in [0.2, 0.25) is 0 Å². The summed E-state index contributed by atoms with van der Waals surface area (Å²) in [5, 5.41) is 3.21. The van der Waals surface area contributed by atoms with Gasteiger partial charge in [0.15, 0.2) is 5.69 Å². The largest absolute Gasteiger partial charge is 0.247 e. The summed E-state index contributed by atoms with van der Waals surface area (Å²) in [4.78, 5) is 9.21. The number of fused-ring (bicyclic) bond motifs is 3. The van der Waals surface area contributed by atoms with Gasteiger partial charge in [-0.15, -0.1) is 0 Å². The van der Waals surface area contributed by atoms with Crippen molar-refractivity contribution in [2.24, 2.45) is 0 Å². The molecule has 0 unspecified atom stereocenters. The standard InChI is InChI=1S/C44H28N2/c1-45-42-19-11-10-17-37(42)40-28-41-39(34-24-20-32(21-25-34)30-12-4-2-5-13-30)29-43(46-44(41)38-18-9-8-16-36(38)40)35-26-22-33(23-27-35)31-14-6-3-7-15-31/h2-29H. The molecule has 2 nitrogen and oxygen atoms in total. The predicted octanol–water partition coefficient (Wildman–Crippen LogP) is 12.3. The van der Waals surface area contributed by atoms with Crippen LogP contribution in [0, 0.1) is 6.57 Å². The van der Waals surface area contributed by atoms with Crippen LogP contribution in [0.4, 0.5) is 5.69 Å². The van der Waals surface area contributed by atoms with E-state index in [4.69, 9.17) is 11.6 Å². The third-order valence-electron chi connectivity index (χ3n) is 8.73. The monoisotopic (exact) mass is 584 g/mol. The highest BCUT2D eigenvalue weighted by molar-refractivity contribution is 6.17. The first-order valence-corrected chi connectivity index (χ1v) is 15.4. The molecule has 0 fully saturated rings. The second-order valence-corrected chi connectivity index (χ2v) is 11.4. The van der Waals surface area contributed by atoms with Crippen LogP contribution < -0.4 is 0 Å². The minimum Gasteiger partial charge on any atom is -0.247 e. The molecule has 0 aliphatic heterocycles. The summed E-state index contributed by atoms with van der Waals surface area (Å²) in [7, 11) is 0. The first kappa shape index (κ1) is 27.3. The van der Waals surface area contributed by atoms with Crippen LogP contribution in [0.3, 0.4) is 0 Å². The minimum atomic E-state index is 0.642. The maximum Gasteiger partial charge on any atom is 0.194 e. The van der Waals surface area contributed by atoms with Gasteiger partial charge in [-0.25, -0.2) is 9.83 Å². The lowest BCUT2D eigenvalue weighted by atomic mass is 9.90. The summed E-state index contributed by atoms with van der Waals surface area (Å²) < 4.78 is 0.